The number of aliphatic carboxylic acids is 1. The maximum absolute atomic E-state index is 11.8. The Morgan fingerprint density at radius 2 is 2.00 bits per heavy atom. The van der Waals surface area contributed by atoms with Crippen LogP contribution in [-0.4, -0.2) is 34.7 Å². The lowest BCUT2D eigenvalue weighted by atomic mass is 10.1. The van der Waals surface area contributed by atoms with Gasteiger partial charge in [-0.15, -0.1) is 0 Å². The summed E-state index contributed by atoms with van der Waals surface area (Å²) in [5.74, 6) is -2.31. The van der Waals surface area contributed by atoms with Gasteiger partial charge in [0.2, 0.25) is 0 Å². The Labute approximate surface area is 112 Å². The number of rotatable bonds is 4. The number of aliphatic hydroxyl groups is 1. The van der Waals surface area contributed by atoms with Crippen LogP contribution in [0.4, 0.5) is 0 Å². The lowest BCUT2D eigenvalue weighted by Crippen LogP contribution is -2.44. The number of carboxylic acid groups (broad SMARTS) is 1. The van der Waals surface area contributed by atoms with E-state index in [1.165, 1.54) is 6.07 Å². The lowest BCUT2D eigenvalue weighted by Gasteiger charge is -2.11. The first-order chi connectivity index (χ1) is 9.52. The van der Waals surface area contributed by atoms with Gasteiger partial charge in [0.25, 0.3) is 5.91 Å². The quantitative estimate of drug-likeness (QED) is 0.675. The highest BCUT2D eigenvalue weighted by Crippen LogP contribution is 2.12. The molecule has 0 radical (unpaired) electrons. The van der Waals surface area contributed by atoms with E-state index >= 15 is 0 Å². The van der Waals surface area contributed by atoms with Gasteiger partial charge in [-0.05, 0) is 12.1 Å². The average molecular weight is 277 g/mol. The van der Waals surface area contributed by atoms with E-state index in [4.69, 9.17) is 14.6 Å². The van der Waals surface area contributed by atoms with Crippen LogP contribution >= 0.6 is 0 Å². The van der Waals surface area contributed by atoms with Gasteiger partial charge in [0.15, 0.2) is 6.04 Å². The van der Waals surface area contributed by atoms with E-state index in [2.05, 4.69) is 0 Å². The molecule has 20 heavy (non-hydrogen) atoms. The Morgan fingerprint density at radius 1 is 1.30 bits per heavy atom. The summed E-state index contributed by atoms with van der Waals surface area (Å²) in [6.07, 6.45) is 0. The average Bonchev–Trinajstić information content (AvgIpc) is 2.43. The number of aliphatic hydroxyl groups excluding tert-OH is 1. The third kappa shape index (κ3) is 2.67. The third-order valence-corrected chi connectivity index (χ3v) is 2.67. The van der Waals surface area contributed by atoms with Crippen LogP contribution in [0.2, 0.25) is 0 Å². The Kier molecular flexibility index (Phi) is 3.81. The molecule has 1 aromatic heterocycles. The van der Waals surface area contributed by atoms with E-state index in [9.17, 15) is 14.4 Å². The molecule has 0 bridgehead atoms. The Morgan fingerprint density at radius 3 is 2.65 bits per heavy atom. The van der Waals surface area contributed by atoms with Gasteiger partial charge in [-0.25, -0.2) is 9.59 Å². The van der Waals surface area contributed by atoms with Crippen molar-refractivity contribution in [1.29, 1.82) is 0 Å². The number of carbonyl (C=O) groups excluding carboxylic acids is 1. The molecule has 0 aliphatic heterocycles. The van der Waals surface area contributed by atoms with Gasteiger partial charge in [-0.2, -0.15) is 0 Å². The maximum atomic E-state index is 11.8. The number of hydrogen-bond acceptors (Lipinski definition) is 5. The van der Waals surface area contributed by atoms with Crippen LogP contribution in [0.25, 0.3) is 11.0 Å². The molecule has 1 atom stereocenters. The molecule has 7 heteroatoms. The molecular weight excluding hydrogens is 266 g/mol. The lowest BCUT2D eigenvalue weighted by molar-refractivity contribution is -0.140. The fourth-order valence-electron chi connectivity index (χ4n) is 1.64. The van der Waals surface area contributed by atoms with Crippen LogP contribution < -0.4 is 10.9 Å². The van der Waals surface area contributed by atoms with Crippen LogP contribution in [0.15, 0.2) is 39.5 Å². The number of amides is 1. The zero-order valence-corrected chi connectivity index (χ0v) is 10.2. The van der Waals surface area contributed by atoms with E-state index in [0.717, 1.165) is 0 Å². The largest absolute Gasteiger partial charge is 0.480 e. The van der Waals surface area contributed by atoms with Crippen molar-refractivity contribution in [2.45, 2.75) is 6.04 Å². The predicted octanol–water partition coefficient (Wildman–Crippen LogP) is -0.0317. The number of hydrogen-bond donors (Lipinski definition) is 3. The Hall–Kier alpha value is -2.67. The van der Waals surface area contributed by atoms with E-state index in [1.807, 2.05) is 5.32 Å². The van der Waals surface area contributed by atoms with Crippen molar-refractivity contribution in [2.75, 3.05) is 6.61 Å². The van der Waals surface area contributed by atoms with E-state index in [1.54, 1.807) is 24.3 Å². The normalized spacial score (nSPS) is 12.1. The molecule has 2 aromatic rings. The third-order valence-electron chi connectivity index (χ3n) is 2.67. The summed E-state index contributed by atoms with van der Waals surface area (Å²) in [4.78, 5) is 34.2. The second-order valence-corrected chi connectivity index (χ2v) is 4.03. The van der Waals surface area contributed by atoms with Gasteiger partial charge < -0.3 is 19.9 Å². The van der Waals surface area contributed by atoms with Crippen molar-refractivity contribution < 1.29 is 24.2 Å². The van der Waals surface area contributed by atoms with Crippen molar-refractivity contribution in [3.63, 3.8) is 0 Å². The molecule has 2 rings (SSSR count). The van der Waals surface area contributed by atoms with Crippen LogP contribution in [-0.2, 0) is 4.79 Å². The SMILES string of the molecule is O=C(N[C@@H](CO)C(=O)O)c1cc2ccccc2oc1=O. The van der Waals surface area contributed by atoms with E-state index < -0.39 is 30.2 Å². The highest BCUT2D eigenvalue weighted by Gasteiger charge is 2.22. The number of carbonyl (C=O) groups is 2. The Balaban J connectivity index is 2.37. The topological polar surface area (TPSA) is 117 Å². The fraction of sp³-hybridized carbons (Fsp3) is 0.154. The van der Waals surface area contributed by atoms with Crippen molar-refractivity contribution in [1.82, 2.24) is 5.32 Å². The summed E-state index contributed by atoms with van der Waals surface area (Å²) in [6, 6.07) is 6.44. The predicted molar refractivity (Wildman–Crippen MR) is 68.5 cm³/mol. The molecule has 0 saturated carbocycles. The molecule has 0 spiro atoms. The Bertz CT molecular complexity index is 720. The summed E-state index contributed by atoms with van der Waals surface area (Å²) in [5.41, 5.74) is -0.863. The molecule has 7 nitrogen and oxygen atoms in total. The summed E-state index contributed by atoms with van der Waals surface area (Å²) >= 11 is 0. The molecule has 0 fully saturated rings. The van der Waals surface area contributed by atoms with E-state index in [0.29, 0.717) is 11.0 Å². The van der Waals surface area contributed by atoms with Gasteiger partial charge >= 0.3 is 11.6 Å². The first-order valence-electron chi connectivity index (χ1n) is 5.70. The minimum Gasteiger partial charge on any atom is -0.480 e. The first-order valence-corrected chi connectivity index (χ1v) is 5.70. The highest BCUT2D eigenvalue weighted by molar-refractivity contribution is 5.98. The van der Waals surface area contributed by atoms with Crippen molar-refractivity contribution in [3.8, 4) is 0 Å². The molecule has 0 unspecified atom stereocenters. The van der Waals surface area contributed by atoms with Crippen LogP contribution in [0.3, 0.4) is 0 Å². The second-order valence-electron chi connectivity index (χ2n) is 4.03. The molecule has 0 aliphatic carbocycles. The monoisotopic (exact) mass is 277 g/mol. The first kappa shape index (κ1) is 13.8. The molecule has 1 heterocycles. The van der Waals surface area contributed by atoms with Gasteiger partial charge in [0.1, 0.15) is 11.1 Å². The van der Waals surface area contributed by atoms with Gasteiger partial charge in [-0.3, -0.25) is 4.79 Å². The number of benzene rings is 1. The standard InChI is InChI=1S/C13H11NO6/c15-6-9(12(17)18)14-11(16)8-5-7-3-1-2-4-10(7)20-13(8)19/h1-5,9,15H,6H2,(H,14,16)(H,17,18)/t9-/m0/s1. The molecule has 1 amide bonds. The zero-order valence-electron chi connectivity index (χ0n) is 10.2. The molecule has 0 aliphatic rings. The van der Waals surface area contributed by atoms with Gasteiger partial charge in [-0.1, -0.05) is 18.2 Å². The number of para-hydroxylation sites is 1. The van der Waals surface area contributed by atoms with Crippen molar-refractivity contribution in [2.24, 2.45) is 0 Å². The number of fused-ring (bicyclic) bond motifs is 1. The summed E-state index contributed by atoms with van der Waals surface area (Å²) in [7, 11) is 0. The minimum atomic E-state index is -1.48. The van der Waals surface area contributed by atoms with Gasteiger partial charge in [0, 0.05) is 5.39 Å². The number of carboxylic acids is 1. The van der Waals surface area contributed by atoms with Gasteiger partial charge in [0.05, 0.1) is 6.61 Å². The molecule has 3 N–H and O–H groups in total. The molecule has 0 saturated heterocycles. The molecular formula is C13H11NO6. The molecule has 1 aromatic carbocycles. The zero-order chi connectivity index (χ0) is 14.7. The van der Waals surface area contributed by atoms with Crippen LogP contribution in [0.5, 0.6) is 0 Å². The summed E-state index contributed by atoms with van der Waals surface area (Å²) in [5, 5.41) is 20.1. The highest BCUT2D eigenvalue weighted by atomic mass is 16.4. The smallest absolute Gasteiger partial charge is 0.349 e. The summed E-state index contributed by atoms with van der Waals surface area (Å²) < 4.78 is 4.96. The van der Waals surface area contributed by atoms with E-state index in [-0.39, 0.29) is 5.56 Å². The van der Waals surface area contributed by atoms with Crippen molar-refractivity contribution in [3.05, 3.63) is 46.3 Å². The minimum absolute atomic E-state index is 0.316. The fourth-order valence-corrected chi connectivity index (χ4v) is 1.64. The number of nitrogens with one attached hydrogen (secondary N) is 1. The van der Waals surface area contributed by atoms with Crippen molar-refractivity contribution >= 4 is 22.8 Å². The van der Waals surface area contributed by atoms with Crippen LogP contribution in [0, 0.1) is 0 Å². The molecule has 104 valence electrons. The second kappa shape index (κ2) is 5.54. The van der Waals surface area contributed by atoms with Crippen LogP contribution in [0.1, 0.15) is 10.4 Å². The summed E-state index contributed by atoms with van der Waals surface area (Å²) in [6.45, 7) is -0.778. The maximum Gasteiger partial charge on any atom is 0.349 e.